The number of pyridine rings is 1. The van der Waals surface area contributed by atoms with Crippen LogP contribution >= 0.6 is 11.8 Å². The van der Waals surface area contributed by atoms with Crippen LogP contribution in [-0.2, 0) is 9.53 Å². The summed E-state index contributed by atoms with van der Waals surface area (Å²) in [7, 11) is 1.80. The minimum atomic E-state index is -0.706. The van der Waals surface area contributed by atoms with Crippen molar-refractivity contribution >= 4 is 40.1 Å². The second-order valence-electron chi connectivity index (χ2n) is 6.31. The van der Waals surface area contributed by atoms with Gasteiger partial charge in [0, 0.05) is 17.3 Å². The number of thioether (sulfide) groups is 1. The highest BCUT2D eigenvalue weighted by molar-refractivity contribution is 8.03. The number of nitriles is 1. The van der Waals surface area contributed by atoms with Crippen molar-refractivity contribution in [1.82, 2.24) is 4.98 Å². The number of anilines is 1. The van der Waals surface area contributed by atoms with Crippen LogP contribution in [0.5, 0.6) is 0 Å². The average molecular weight is 401 g/mol. The van der Waals surface area contributed by atoms with Gasteiger partial charge < -0.3 is 9.64 Å². The van der Waals surface area contributed by atoms with E-state index >= 15 is 0 Å². The molecule has 2 heterocycles. The molecule has 0 bridgehead atoms. The summed E-state index contributed by atoms with van der Waals surface area (Å²) in [6, 6.07) is 20.3. The lowest BCUT2D eigenvalue weighted by molar-refractivity contribution is -0.118. The Morgan fingerprint density at radius 2 is 1.86 bits per heavy atom. The van der Waals surface area contributed by atoms with E-state index in [0.717, 1.165) is 16.0 Å². The van der Waals surface area contributed by atoms with Crippen LogP contribution in [0.4, 0.5) is 5.69 Å². The van der Waals surface area contributed by atoms with Crippen LogP contribution in [0.25, 0.3) is 10.9 Å². The molecule has 2 aromatic carbocycles. The summed E-state index contributed by atoms with van der Waals surface area (Å²) >= 11 is 1.35. The van der Waals surface area contributed by atoms with Gasteiger partial charge in [0.05, 0.1) is 11.2 Å². The molecule has 29 heavy (non-hydrogen) atoms. The first-order valence-corrected chi connectivity index (χ1v) is 9.61. The molecule has 0 saturated heterocycles. The number of hydrogen-bond acceptors (Lipinski definition) is 7. The molecule has 7 heteroatoms. The lowest BCUT2D eigenvalue weighted by Gasteiger charge is -2.14. The summed E-state index contributed by atoms with van der Waals surface area (Å²) < 4.78 is 5.13. The van der Waals surface area contributed by atoms with Gasteiger partial charge in [-0.2, -0.15) is 5.26 Å². The third-order valence-corrected chi connectivity index (χ3v) is 5.72. The Balaban J connectivity index is 1.50. The number of ketones is 1. The highest BCUT2D eigenvalue weighted by Gasteiger charge is 2.28. The van der Waals surface area contributed by atoms with E-state index < -0.39 is 18.4 Å². The number of carbonyl (C=O) groups is 2. The summed E-state index contributed by atoms with van der Waals surface area (Å²) in [5.41, 5.74) is 1.66. The number of hydrogen-bond donors (Lipinski definition) is 0. The van der Waals surface area contributed by atoms with Crippen molar-refractivity contribution in [3.05, 3.63) is 77.0 Å². The second kappa shape index (κ2) is 7.78. The fourth-order valence-corrected chi connectivity index (χ4v) is 4.17. The Bertz CT molecular complexity index is 1210. The maximum absolute atomic E-state index is 12.6. The number of benzene rings is 2. The van der Waals surface area contributed by atoms with Gasteiger partial charge in [0.1, 0.15) is 22.4 Å². The lowest BCUT2D eigenvalue weighted by atomic mass is 10.2. The molecule has 1 aliphatic rings. The summed E-state index contributed by atoms with van der Waals surface area (Å²) in [6.45, 7) is -0.523. The predicted molar refractivity (Wildman–Crippen MR) is 110 cm³/mol. The molecule has 0 fully saturated rings. The summed E-state index contributed by atoms with van der Waals surface area (Å²) in [6.07, 6.45) is 0. The smallest absolute Gasteiger partial charge is 0.357 e. The van der Waals surface area contributed by atoms with E-state index in [9.17, 15) is 14.9 Å². The normalized spacial score (nSPS) is 14.3. The molecule has 0 radical (unpaired) electrons. The van der Waals surface area contributed by atoms with Gasteiger partial charge in [-0.15, -0.1) is 0 Å². The molecule has 6 nitrogen and oxygen atoms in total. The van der Waals surface area contributed by atoms with E-state index in [1.54, 1.807) is 30.1 Å². The van der Waals surface area contributed by atoms with Crippen LogP contribution in [0, 0.1) is 11.3 Å². The van der Waals surface area contributed by atoms with Crippen LogP contribution < -0.4 is 4.90 Å². The maximum Gasteiger partial charge on any atom is 0.357 e. The molecule has 0 spiro atoms. The number of Topliss-reactive ketones (excluding diaryl/α,β-unsaturated/α-hetero) is 1. The Labute approximate surface area is 171 Å². The number of rotatable bonds is 4. The molecular weight excluding hydrogens is 386 g/mol. The van der Waals surface area contributed by atoms with Crippen molar-refractivity contribution in [1.29, 1.82) is 5.26 Å². The molecule has 0 unspecified atom stereocenters. The lowest BCUT2D eigenvalue weighted by Crippen LogP contribution is -2.20. The second-order valence-corrected chi connectivity index (χ2v) is 7.34. The number of nitrogens with zero attached hydrogens (tertiary/aromatic N) is 3. The molecule has 1 aliphatic heterocycles. The molecule has 0 atom stereocenters. The molecule has 0 saturated carbocycles. The summed E-state index contributed by atoms with van der Waals surface area (Å²) in [4.78, 5) is 31.9. The van der Waals surface area contributed by atoms with Crippen LogP contribution in [-0.4, -0.2) is 30.4 Å². The molecule has 142 valence electrons. The van der Waals surface area contributed by atoms with Gasteiger partial charge in [-0.05, 0) is 24.3 Å². The zero-order chi connectivity index (χ0) is 20.4. The molecular formula is C22H15N3O3S. The van der Waals surface area contributed by atoms with E-state index in [0.29, 0.717) is 10.5 Å². The van der Waals surface area contributed by atoms with Gasteiger partial charge in [-0.25, -0.2) is 9.78 Å². The van der Waals surface area contributed by atoms with Crippen LogP contribution in [0.2, 0.25) is 0 Å². The predicted octanol–water partition coefficient (Wildman–Crippen LogP) is 3.94. The van der Waals surface area contributed by atoms with E-state index in [-0.39, 0.29) is 11.3 Å². The van der Waals surface area contributed by atoms with Crippen LogP contribution in [0.3, 0.4) is 0 Å². The number of esters is 1. The molecule has 0 amide bonds. The first-order chi connectivity index (χ1) is 14.1. The standard InChI is InChI=1S/C22H15N3O3S/c1-25-18-8-4-5-9-20(18)29-21(25)15(12-23)19(26)13-28-22(27)17-11-10-14-6-2-3-7-16(14)24-17/h2-11H,13H2,1H3/b21-15+. The van der Waals surface area contributed by atoms with Crippen molar-refractivity contribution < 1.29 is 14.3 Å². The van der Waals surface area contributed by atoms with Crippen molar-refractivity contribution in [3.63, 3.8) is 0 Å². The molecule has 4 rings (SSSR count). The van der Waals surface area contributed by atoms with E-state index in [2.05, 4.69) is 4.98 Å². The van der Waals surface area contributed by atoms with Crippen LogP contribution in [0.15, 0.2) is 76.2 Å². The first-order valence-electron chi connectivity index (χ1n) is 8.79. The van der Waals surface area contributed by atoms with Gasteiger partial charge in [0.25, 0.3) is 0 Å². The number of carbonyl (C=O) groups excluding carboxylic acids is 2. The fraction of sp³-hybridized carbons (Fsp3) is 0.0909. The minimum Gasteiger partial charge on any atom is -0.453 e. The van der Waals surface area contributed by atoms with E-state index in [1.807, 2.05) is 48.5 Å². The van der Waals surface area contributed by atoms with Crippen molar-refractivity contribution in [2.45, 2.75) is 4.90 Å². The highest BCUT2D eigenvalue weighted by atomic mass is 32.2. The minimum absolute atomic E-state index is 0.0343. The van der Waals surface area contributed by atoms with Gasteiger partial charge in [0.2, 0.25) is 5.78 Å². The number of ether oxygens (including phenoxy) is 1. The van der Waals surface area contributed by atoms with Gasteiger partial charge in [-0.1, -0.05) is 48.2 Å². The summed E-state index contributed by atoms with van der Waals surface area (Å²) in [5.74, 6) is -1.26. The molecule has 3 aromatic rings. The monoisotopic (exact) mass is 401 g/mol. The Kier molecular flexibility index (Phi) is 5.02. The maximum atomic E-state index is 12.6. The van der Waals surface area contributed by atoms with Crippen LogP contribution in [0.1, 0.15) is 10.5 Å². The third kappa shape index (κ3) is 3.58. The van der Waals surface area contributed by atoms with Gasteiger partial charge >= 0.3 is 5.97 Å². The molecule has 1 aromatic heterocycles. The quantitative estimate of drug-likeness (QED) is 0.372. The Hall–Kier alpha value is -3.63. The topological polar surface area (TPSA) is 83.3 Å². The number of para-hydroxylation sites is 2. The SMILES string of the molecule is CN1/C(=C(/C#N)C(=O)COC(=O)c2ccc3ccccc3n2)Sc2ccccc21. The zero-order valence-corrected chi connectivity index (χ0v) is 16.3. The Morgan fingerprint density at radius 3 is 2.66 bits per heavy atom. The van der Waals surface area contributed by atoms with E-state index in [4.69, 9.17) is 4.74 Å². The van der Waals surface area contributed by atoms with Gasteiger partial charge in [0.15, 0.2) is 6.61 Å². The summed E-state index contributed by atoms with van der Waals surface area (Å²) in [5, 5.41) is 11.0. The zero-order valence-electron chi connectivity index (χ0n) is 15.5. The third-order valence-electron chi connectivity index (χ3n) is 4.48. The van der Waals surface area contributed by atoms with Gasteiger partial charge in [-0.3, -0.25) is 4.79 Å². The van der Waals surface area contributed by atoms with E-state index in [1.165, 1.54) is 11.8 Å². The number of fused-ring (bicyclic) bond motifs is 2. The molecule has 0 aliphatic carbocycles. The fourth-order valence-electron chi connectivity index (χ4n) is 3.01. The average Bonchev–Trinajstić information content (AvgIpc) is 3.08. The first kappa shape index (κ1) is 18.7. The Morgan fingerprint density at radius 1 is 1.10 bits per heavy atom. The number of aromatic nitrogens is 1. The largest absolute Gasteiger partial charge is 0.453 e. The highest BCUT2D eigenvalue weighted by Crippen LogP contribution is 2.46. The van der Waals surface area contributed by atoms with Crippen molar-refractivity contribution in [2.24, 2.45) is 0 Å². The van der Waals surface area contributed by atoms with Crippen molar-refractivity contribution in [3.8, 4) is 6.07 Å². The molecule has 0 N–H and O–H groups in total. The van der Waals surface area contributed by atoms with Crippen molar-refractivity contribution in [2.75, 3.05) is 18.6 Å².